The lowest BCUT2D eigenvalue weighted by Gasteiger charge is -2.33. The third-order valence-corrected chi connectivity index (χ3v) is 5.69. The third-order valence-electron chi connectivity index (χ3n) is 4.44. The largest absolute Gasteiger partial charge is 0.386 e. The highest BCUT2D eigenvalue weighted by Gasteiger charge is 2.34. The summed E-state index contributed by atoms with van der Waals surface area (Å²) in [5.74, 6) is 0.616. The molecule has 0 bridgehead atoms. The molecule has 2 aromatic heterocycles. The first-order valence-corrected chi connectivity index (χ1v) is 9.26. The zero-order valence-corrected chi connectivity index (χ0v) is 14.9. The van der Waals surface area contributed by atoms with E-state index in [0.29, 0.717) is 10.8 Å². The highest BCUT2D eigenvalue weighted by atomic mass is 32.1. The Morgan fingerprint density at radius 3 is 2.77 bits per heavy atom. The predicted molar refractivity (Wildman–Crippen MR) is 95.7 cm³/mol. The van der Waals surface area contributed by atoms with Gasteiger partial charge in [-0.25, -0.2) is 0 Å². The maximum Gasteiger partial charge on any atom is 0.273 e. The van der Waals surface area contributed by atoms with E-state index in [0.717, 1.165) is 23.4 Å². The molecule has 8 heteroatoms. The number of nitrogens with one attached hydrogen (secondary N) is 1. The molecular weight excluding hydrogens is 352 g/mol. The first-order chi connectivity index (χ1) is 12.6. The van der Waals surface area contributed by atoms with Crippen LogP contribution in [0.15, 0.2) is 40.9 Å². The van der Waals surface area contributed by atoms with E-state index in [2.05, 4.69) is 20.7 Å². The van der Waals surface area contributed by atoms with E-state index >= 15 is 0 Å². The van der Waals surface area contributed by atoms with Gasteiger partial charge in [-0.05, 0) is 19.8 Å². The molecule has 1 atom stereocenters. The Bertz CT molecular complexity index is 900. The molecule has 2 N–H and O–H groups in total. The number of aliphatic hydroxyl groups excluding tert-OH is 1. The summed E-state index contributed by atoms with van der Waals surface area (Å²) in [4.78, 5) is 12.3. The lowest BCUT2D eigenvalue weighted by Crippen LogP contribution is -2.43. The number of benzene rings is 1. The molecule has 1 aromatic carbocycles. The van der Waals surface area contributed by atoms with E-state index in [-0.39, 0.29) is 23.6 Å². The molecule has 4 rings (SSSR count). The van der Waals surface area contributed by atoms with Gasteiger partial charge >= 0.3 is 0 Å². The van der Waals surface area contributed by atoms with Crippen LogP contribution in [0.5, 0.6) is 0 Å². The van der Waals surface area contributed by atoms with Gasteiger partial charge in [-0.15, -0.1) is 10.2 Å². The van der Waals surface area contributed by atoms with E-state index < -0.39 is 6.10 Å². The summed E-state index contributed by atoms with van der Waals surface area (Å²) in [7, 11) is 0. The number of hydrogen-bond donors (Lipinski definition) is 2. The fourth-order valence-corrected chi connectivity index (χ4v) is 3.80. The predicted octanol–water partition coefficient (Wildman–Crippen LogP) is 2.92. The van der Waals surface area contributed by atoms with Crippen molar-refractivity contribution in [3.63, 3.8) is 0 Å². The second-order valence-corrected chi connectivity index (χ2v) is 7.48. The van der Waals surface area contributed by atoms with Crippen molar-refractivity contribution in [1.29, 1.82) is 0 Å². The highest BCUT2D eigenvalue weighted by molar-refractivity contribution is 7.11. The molecule has 0 aliphatic heterocycles. The van der Waals surface area contributed by atoms with Crippen LogP contribution in [0, 0.1) is 0 Å². The topological polar surface area (TPSA) is 101 Å². The number of nitrogens with zero attached hydrogens (tertiary/aromatic N) is 3. The molecular formula is C18H18N4O3S. The van der Waals surface area contributed by atoms with E-state index in [4.69, 9.17) is 4.52 Å². The van der Waals surface area contributed by atoms with Crippen LogP contribution < -0.4 is 5.32 Å². The lowest BCUT2D eigenvalue weighted by molar-refractivity contribution is 0.0899. The van der Waals surface area contributed by atoms with Crippen molar-refractivity contribution in [3.8, 4) is 11.3 Å². The van der Waals surface area contributed by atoms with Crippen LogP contribution in [0.3, 0.4) is 0 Å². The summed E-state index contributed by atoms with van der Waals surface area (Å²) in [5.41, 5.74) is 1.16. The molecule has 1 saturated carbocycles. The van der Waals surface area contributed by atoms with Gasteiger partial charge in [0, 0.05) is 23.6 Å². The maximum absolute atomic E-state index is 12.3. The molecule has 1 fully saturated rings. The van der Waals surface area contributed by atoms with E-state index in [9.17, 15) is 9.90 Å². The van der Waals surface area contributed by atoms with E-state index in [1.807, 2.05) is 30.3 Å². The Labute approximate surface area is 154 Å². The molecule has 1 aliphatic carbocycles. The normalized spacial score (nSPS) is 20.4. The minimum Gasteiger partial charge on any atom is -0.386 e. The van der Waals surface area contributed by atoms with Gasteiger partial charge < -0.3 is 14.9 Å². The Morgan fingerprint density at radius 1 is 1.31 bits per heavy atom. The van der Waals surface area contributed by atoms with Crippen LogP contribution in [-0.4, -0.2) is 32.4 Å². The molecule has 2 heterocycles. The van der Waals surface area contributed by atoms with Gasteiger partial charge in [-0.1, -0.05) is 46.8 Å². The van der Waals surface area contributed by atoms with Gasteiger partial charge in [0.2, 0.25) is 0 Å². The molecule has 0 spiro atoms. The van der Waals surface area contributed by atoms with Crippen LogP contribution in [-0.2, 0) is 0 Å². The second-order valence-electron chi connectivity index (χ2n) is 6.44. The van der Waals surface area contributed by atoms with Crippen molar-refractivity contribution < 1.29 is 14.4 Å². The van der Waals surface area contributed by atoms with Crippen molar-refractivity contribution in [2.75, 3.05) is 0 Å². The number of carbonyl (C=O) groups is 1. The molecule has 3 aromatic rings. The van der Waals surface area contributed by atoms with Gasteiger partial charge in [0.05, 0.1) is 0 Å². The summed E-state index contributed by atoms with van der Waals surface area (Å²) in [6.45, 7) is 1.68. The highest BCUT2D eigenvalue weighted by Crippen LogP contribution is 2.39. The molecule has 7 nitrogen and oxygen atoms in total. The fraction of sp³-hybridized carbons (Fsp3) is 0.333. The molecule has 26 heavy (non-hydrogen) atoms. The first-order valence-electron chi connectivity index (χ1n) is 8.44. The van der Waals surface area contributed by atoms with Crippen molar-refractivity contribution >= 4 is 17.2 Å². The van der Waals surface area contributed by atoms with Crippen LogP contribution >= 0.6 is 11.3 Å². The number of amides is 1. The molecule has 0 saturated heterocycles. The maximum atomic E-state index is 12.3. The Balaban J connectivity index is 1.33. The van der Waals surface area contributed by atoms with Crippen LogP contribution in [0.2, 0.25) is 0 Å². The van der Waals surface area contributed by atoms with Gasteiger partial charge in [-0.2, -0.15) is 0 Å². The van der Waals surface area contributed by atoms with E-state index in [1.54, 1.807) is 13.0 Å². The number of aliphatic hydroxyl groups is 1. The Kier molecular flexibility index (Phi) is 4.52. The van der Waals surface area contributed by atoms with Gasteiger partial charge in [0.15, 0.2) is 11.5 Å². The molecule has 0 unspecified atom stereocenters. The average molecular weight is 370 g/mol. The zero-order valence-electron chi connectivity index (χ0n) is 14.1. The van der Waals surface area contributed by atoms with Crippen LogP contribution in [0.1, 0.15) is 52.3 Å². The smallest absolute Gasteiger partial charge is 0.273 e. The van der Waals surface area contributed by atoms with Gasteiger partial charge in [0.25, 0.3) is 5.91 Å². The molecule has 0 radical (unpaired) electrons. The Morgan fingerprint density at radius 2 is 2.08 bits per heavy atom. The molecule has 1 aliphatic rings. The number of aromatic nitrogens is 3. The minimum absolute atomic E-state index is 0.0864. The van der Waals surface area contributed by atoms with Crippen molar-refractivity contribution in [2.45, 2.75) is 37.8 Å². The summed E-state index contributed by atoms with van der Waals surface area (Å²) < 4.78 is 5.27. The van der Waals surface area contributed by atoms with Crippen molar-refractivity contribution in [3.05, 3.63) is 52.1 Å². The van der Waals surface area contributed by atoms with Crippen LogP contribution in [0.25, 0.3) is 11.3 Å². The van der Waals surface area contributed by atoms with Crippen LogP contribution in [0.4, 0.5) is 0 Å². The minimum atomic E-state index is -0.595. The summed E-state index contributed by atoms with van der Waals surface area (Å²) in [5, 5.41) is 26.0. The zero-order chi connectivity index (χ0) is 18.1. The number of hydrogen-bond acceptors (Lipinski definition) is 7. The molecule has 134 valence electrons. The second kappa shape index (κ2) is 6.97. The Hall–Kier alpha value is -2.58. The van der Waals surface area contributed by atoms with Crippen molar-refractivity contribution in [1.82, 2.24) is 20.7 Å². The summed E-state index contributed by atoms with van der Waals surface area (Å²) in [6.07, 6.45) is 1.02. The lowest BCUT2D eigenvalue weighted by atomic mass is 9.80. The molecule has 1 amide bonds. The van der Waals surface area contributed by atoms with Gasteiger partial charge in [-0.3, -0.25) is 4.79 Å². The summed E-state index contributed by atoms with van der Waals surface area (Å²) >= 11 is 1.43. The monoisotopic (exact) mass is 370 g/mol. The first kappa shape index (κ1) is 16.9. The standard InChI is InChI=1S/C18H18N4O3S/c1-10(23)17-20-21-18(26-17)12-7-13(8-12)19-16(24)14-9-15(25-22-14)11-5-3-2-4-6-11/h2-6,9-10,12-13,23H,7-8H2,1H3,(H,19,24)/t10-,12?,13?/m0/s1. The fourth-order valence-electron chi connectivity index (χ4n) is 2.90. The van der Waals surface area contributed by atoms with E-state index in [1.165, 1.54) is 11.3 Å². The SMILES string of the molecule is C[C@H](O)c1nnc(C2CC(NC(=O)c3cc(-c4ccccc4)on3)C2)s1. The van der Waals surface area contributed by atoms with Crippen molar-refractivity contribution in [2.24, 2.45) is 0 Å². The van der Waals surface area contributed by atoms with Gasteiger partial charge in [0.1, 0.15) is 16.1 Å². The average Bonchev–Trinajstić information content (AvgIpc) is 3.28. The quantitative estimate of drug-likeness (QED) is 0.716. The number of rotatable bonds is 5. The third kappa shape index (κ3) is 3.38. The number of carbonyl (C=O) groups excluding carboxylic acids is 1. The summed E-state index contributed by atoms with van der Waals surface area (Å²) in [6, 6.07) is 11.3.